The fourth-order valence-electron chi connectivity index (χ4n) is 0.988. The van der Waals surface area contributed by atoms with E-state index in [1.807, 2.05) is 0 Å². The molecule has 2 amide bonds. The van der Waals surface area contributed by atoms with E-state index >= 15 is 0 Å². The van der Waals surface area contributed by atoms with Gasteiger partial charge in [-0.1, -0.05) is 0 Å². The molecule has 0 atom stereocenters. The van der Waals surface area contributed by atoms with Crippen molar-refractivity contribution in [2.45, 2.75) is 32.8 Å². The molecule has 0 spiro atoms. The summed E-state index contributed by atoms with van der Waals surface area (Å²) in [4.78, 5) is 22.7. The summed E-state index contributed by atoms with van der Waals surface area (Å²) < 4.78 is 4.94. The van der Waals surface area contributed by atoms with Crippen LogP contribution in [0.3, 0.4) is 0 Å². The third-order valence-corrected chi connectivity index (χ3v) is 1.64. The van der Waals surface area contributed by atoms with E-state index in [0.29, 0.717) is 17.9 Å². The SMILES string of the molecule is CNCCCN(C(=O)[O-])C(=O)OC(C)(C)C. The molecule has 6 nitrogen and oxygen atoms in total. The third-order valence-electron chi connectivity index (χ3n) is 1.64. The highest BCUT2D eigenvalue weighted by atomic mass is 16.6. The summed E-state index contributed by atoms with van der Waals surface area (Å²) >= 11 is 0. The Morgan fingerprint density at radius 2 is 1.94 bits per heavy atom. The molecule has 0 aliphatic rings. The number of carbonyl (C=O) groups excluding carboxylic acids is 2. The summed E-state index contributed by atoms with van der Waals surface area (Å²) in [6, 6.07) is 0. The van der Waals surface area contributed by atoms with Crippen LogP contribution in [0.4, 0.5) is 9.59 Å². The molecular weight excluding hydrogens is 212 g/mol. The minimum absolute atomic E-state index is 0.0675. The highest BCUT2D eigenvalue weighted by Gasteiger charge is 2.22. The molecule has 0 aliphatic carbocycles. The zero-order valence-corrected chi connectivity index (χ0v) is 10.2. The largest absolute Gasteiger partial charge is 0.529 e. The second kappa shape index (κ2) is 6.32. The predicted molar refractivity (Wildman–Crippen MR) is 56.9 cm³/mol. The van der Waals surface area contributed by atoms with Crippen molar-refractivity contribution in [1.82, 2.24) is 10.2 Å². The molecular formula is C10H19N2O4-. The molecule has 0 saturated carbocycles. The van der Waals surface area contributed by atoms with E-state index in [1.165, 1.54) is 0 Å². The minimum atomic E-state index is -1.54. The van der Waals surface area contributed by atoms with Crippen LogP contribution in [0.15, 0.2) is 0 Å². The van der Waals surface area contributed by atoms with Crippen LogP contribution in [-0.2, 0) is 4.74 Å². The Bertz CT molecular complexity index is 248. The van der Waals surface area contributed by atoms with Crippen LogP contribution >= 0.6 is 0 Å². The van der Waals surface area contributed by atoms with Gasteiger partial charge >= 0.3 is 6.09 Å². The van der Waals surface area contributed by atoms with Crippen LogP contribution in [0.1, 0.15) is 27.2 Å². The van der Waals surface area contributed by atoms with Crippen LogP contribution < -0.4 is 10.4 Å². The lowest BCUT2D eigenvalue weighted by Gasteiger charge is -2.27. The van der Waals surface area contributed by atoms with Gasteiger partial charge in [0.15, 0.2) is 0 Å². The Morgan fingerprint density at radius 3 is 2.31 bits per heavy atom. The van der Waals surface area contributed by atoms with E-state index in [2.05, 4.69) is 5.32 Å². The number of nitrogens with one attached hydrogen (secondary N) is 1. The molecule has 16 heavy (non-hydrogen) atoms. The minimum Gasteiger partial charge on any atom is -0.529 e. The molecule has 94 valence electrons. The molecule has 0 aliphatic heterocycles. The van der Waals surface area contributed by atoms with Crippen molar-refractivity contribution in [3.8, 4) is 0 Å². The van der Waals surface area contributed by atoms with Gasteiger partial charge in [0.1, 0.15) is 11.7 Å². The molecule has 0 rings (SSSR count). The van der Waals surface area contributed by atoms with Crippen LogP contribution in [-0.4, -0.2) is 42.8 Å². The lowest BCUT2D eigenvalue weighted by molar-refractivity contribution is -0.262. The molecule has 6 heteroatoms. The number of carbonyl (C=O) groups is 2. The third kappa shape index (κ3) is 6.23. The first-order valence-corrected chi connectivity index (χ1v) is 5.14. The van der Waals surface area contributed by atoms with E-state index in [-0.39, 0.29) is 6.54 Å². The maximum Gasteiger partial charge on any atom is 0.415 e. The number of nitrogens with zero attached hydrogens (tertiary/aromatic N) is 1. The van der Waals surface area contributed by atoms with Gasteiger partial charge in [-0.25, -0.2) is 4.79 Å². The smallest absolute Gasteiger partial charge is 0.415 e. The van der Waals surface area contributed by atoms with Gasteiger partial charge < -0.3 is 20.0 Å². The Balaban J connectivity index is 4.31. The Morgan fingerprint density at radius 1 is 1.38 bits per heavy atom. The molecule has 0 heterocycles. The zero-order valence-electron chi connectivity index (χ0n) is 10.2. The van der Waals surface area contributed by atoms with Crippen molar-refractivity contribution in [2.75, 3.05) is 20.1 Å². The second-order valence-corrected chi connectivity index (χ2v) is 4.35. The van der Waals surface area contributed by atoms with Crippen molar-refractivity contribution in [1.29, 1.82) is 0 Å². The number of imide groups is 1. The zero-order chi connectivity index (χ0) is 12.8. The van der Waals surface area contributed by atoms with Gasteiger partial charge in [-0.2, -0.15) is 0 Å². The van der Waals surface area contributed by atoms with E-state index in [4.69, 9.17) is 4.74 Å². The summed E-state index contributed by atoms with van der Waals surface area (Å²) in [6.07, 6.45) is -1.90. The van der Waals surface area contributed by atoms with Crippen molar-refractivity contribution >= 4 is 12.2 Å². The molecule has 0 aromatic heterocycles. The molecule has 0 aromatic carbocycles. The van der Waals surface area contributed by atoms with E-state index in [0.717, 1.165) is 0 Å². The van der Waals surface area contributed by atoms with Gasteiger partial charge in [-0.3, -0.25) is 4.90 Å². The summed E-state index contributed by atoms with van der Waals surface area (Å²) in [5, 5.41) is 13.6. The van der Waals surface area contributed by atoms with E-state index in [9.17, 15) is 14.7 Å². The normalized spacial score (nSPS) is 11.0. The lowest BCUT2D eigenvalue weighted by atomic mass is 10.2. The van der Waals surface area contributed by atoms with E-state index in [1.54, 1.807) is 27.8 Å². The molecule has 0 aromatic rings. The van der Waals surface area contributed by atoms with E-state index < -0.39 is 17.8 Å². The standard InChI is InChI=1S/C10H20N2O4/c1-10(2,3)16-9(15)12(8(13)14)7-5-6-11-4/h11H,5-7H2,1-4H3,(H,13,14)/p-1. The van der Waals surface area contributed by atoms with Gasteiger partial charge in [0, 0.05) is 6.54 Å². The molecule has 1 N–H and O–H groups in total. The van der Waals surface area contributed by atoms with Crippen LogP contribution in [0.2, 0.25) is 0 Å². The number of hydrogen-bond donors (Lipinski definition) is 1. The maximum absolute atomic E-state index is 11.5. The number of carboxylic acid groups (broad SMARTS) is 1. The number of ether oxygens (including phenoxy) is 1. The van der Waals surface area contributed by atoms with Crippen LogP contribution in [0.25, 0.3) is 0 Å². The van der Waals surface area contributed by atoms with Crippen molar-refractivity contribution in [3.05, 3.63) is 0 Å². The van der Waals surface area contributed by atoms with Crippen molar-refractivity contribution < 1.29 is 19.4 Å². The summed E-state index contributed by atoms with van der Waals surface area (Å²) in [5.41, 5.74) is -0.714. The average Bonchev–Trinajstić information content (AvgIpc) is 2.08. The lowest BCUT2D eigenvalue weighted by Crippen LogP contribution is -2.48. The van der Waals surface area contributed by atoms with Gasteiger partial charge in [0.25, 0.3) is 0 Å². The second-order valence-electron chi connectivity index (χ2n) is 4.35. The number of amides is 2. The predicted octanol–water partition coefficient (Wildman–Crippen LogP) is 0.176. The van der Waals surface area contributed by atoms with Gasteiger partial charge in [0.05, 0.1) is 0 Å². The fourth-order valence-corrected chi connectivity index (χ4v) is 0.988. The van der Waals surface area contributed by atoms with Crippen LogP contribution in [0, 0.1) is 0 Å². The Hall–Kier alpha value is -1.30. The summed E-state index contributed by atoms with van der Waals surface area (Å²) in [6.45, 7) is 5.70. The molecule has 0 fully saturated rings. The first-order chi connectivity index (χ1) is 7.28. The van der Waals surface area contributed by atoms with Gasteiger partial charge in [-0.05, 0) is 40.8 Å². The maximum atomic E-state index is 11.5. The first-order valence-electron chi connectivity index (χ1n) is 5.14. The monoisotopic (exact) mass is 231 g/mol. The Labute approximate surface area is 95.6 Å². The molecule has 0 saturated heterocycles. The summed E-state index contributed by atoms with van der Waals surface area (Å²) in [7, 11) is 1.75. The average molecular weight is 231 g/mol. The number of hydrogen-bond acceptors (Lipinski definition) is 5. The fraction of sp³-hybridized carbons (Fsp3) is 0.800. The molecule has 0 unspecified atom stereocenters. The quantitative estimate of drug-likeness (QED) is 0.698. The summed E-state index contributed by atoms with van der Waals surface area (Å²) in [5.74, 6) is 0. The van der Waals surface area contributed by atoms with Crippen molar-refractivity contribution in [3.63, 3.8) is 0 Å². The Kier molecular flexibility index (Phi) is 5.81. The topological polar surface area (TPSA) is 81.7 Å². The van der Waals surface area contributed by atoms with Gasteiger partial charge in [-0.15, -0.1) is 0 Å². The van der Waals surface area contributed by atoms with Crippen molar-refractivity contribution in [2.24, 2.45) is 0 Å². The molecule has 0 bridgehead atoms. The van der Waals surface area contributed by atoms with Gasteiger partial charge in [0.2, 0.25) is 0 Å². The first kappa shape index (κ1) is 14.7. The van der Waals surface area contributed by atoms with Crippen LogP contribution in [0.5, 0.6) is 0 Å². The number of rotatable bonds is 4. The highest BCUT2D eigenvalue weighted by molar-refractivity contribution is 5.85. The molecule has 0 radical (unpaired) electrons. The highest BCUT2D eigenvalue weighted by Crippen LogP contribution is 2.09.